The maximum Gasteiger partial charge on any atom is 0.338 e. The number of amides is 1. The van der Waals surface area contributed by atoms with Crippen LogP contribution in [0.4, 0.5) is 0 Å². The lowest BCUT2D eigenvalue weighted by Crippen LogP contribution is -2.38. The number of carbonyl (C=O) groups excluding carboxylic acids is 2. The number of hydrogen-bond donors (Lipinski definition) is 1. The van der Waals surface area contributed by atoms with E-state index < -0.39 is 12.0 Å². The first kappa shape index (κ1) is 24.6. The lowest BCUT2D eigenvalue weighted by atomic mass is 9.92. The Kier molecular flexibility index (Phi) is 7.60. The van der Waals surface area contributed by atoms with Gasteiger partial charge in [0.1, 0.15) is 5.75 Å². The summed E-state index contributed by atoms with van der Waals surface area (Å²) in [4.78, 5) is 32.7. The van der Waals surface area contributed by atoms with Gasteiger partial charge < -0.3 is 19.7 Å². The summed E-state index contributed by atoms with van der Waals surface area (Å²) in [6, 6.07) is 16.8. The van der Waals surface area contributed by atoms with Crippen molar-refractivity contribution in [3.63, 3.8) is 0 Å². The molecule has 2 heterocycles. The van der Waals surface area contributed by atoms with E-state index in [4.69, 9.17) is 14.5 Å². The van der Waals surface area contributed by atoms with E-state index in [-0.39, 0.29) is 18.4 Å². The van der Waals surface area contributed by atoms with E-state index in [1.165, 1.54) is 18.9 Å². The van der Waals surface area contributed by atoms with Crippen LogP contribution in [0, 0.1) is 0 Å². The fourth-order valence-corrected chi connectivity index (χ4v) is 5.23. The third-order valence-corrected chi connectivity index (χ3v) is 6.97. The molecule has 0 bridgehead atoms. The fourth-order valence-electron chi connectivity index (χ4n) is 4.30. The quantitative estimate of drug-likeness (QED) is 0.518. The second-order valence-corrected chi connectivity index (χ2v) is 9.09. The Hall–Kier alpha value is -3.52. The Morgan fingerprint density at radius 2 is 1.83 bits per heavy atom. The second-order valence-electron chi connectivity index (χ2n) is 8.25. The van der Waals surface area contributed by atoms with Gasteiger partial charge in [-0.3, -0.25) is 4.79 Å². The molecule has 0 saturated heterocycles. The minimum atomic E-state index is -0.462. The Morgan fingerprint density at radius 1 is 1.11 bits per heavy atom. The third kappa shape index (κ3) is 5.12. The number of carbonyl (C=O) groups is 2. The second kappa shape index (κ2) is 10.8. The van der Waals surface area contributed by atoms with E-state index in [1.54, 1.807) is 7.11 Å². The van der Waals surface area contributed by atoms with Crippen molar-refractivity contribution in [1.82, 2.24) is 10.2 Å². The first-order valence-corrected chi connectivity index (χ1v) is 12.4. The lowest BCUT2D eigenvalue weighted by molar-refractivity contribution is -0.136. The number of fused-ring (bicyclic) bond motifs is 1. The van der Waals surface area contributed by atoms with Crippen LogP contribution in [0.1, 0.15) is 49.9 Å². The molecule has 2 aliphatic heterocycles. The van der Waals surface area contributed by atoms with Gasteiger partial charge >= 0.3 is 5.97 Å². The van der Waals surface area contributed by atoms with Gasteiger partial charge in [-0.1, -0.05) is 61.2 Å². The van der Waals surface area contributed by atoms with Crippen LogP contribution in [0.2, 0.25) is 0 Å². The highest BCUT2D eigenvalue weighted by Crippen LogP contribution is 2.45. The number of methoxy groups -OCH3 is 2. The molecule has 7 nitrogen and oxygen atoms in total. The predicted molar refractivity (Wildman–Crippen MR) is 138 cm³/mol. The van der Waals surface area contributed by atoms with Gasteiger partial charge in [-0.2, -0.15) is 0 Å². The standard InChI is InChI=1S/C27H29N3O4S/c1-5-22-24(26(32)34-4)25(19-11-13-21(33-3)14-12-19)30-20(16-35-27(30)29-22)15-23(31)28-17(2)18-9-7-6-8-10-18/h6-14,16-17,25H,5,15H2,1-4H3,(H,28,31). The number of aliphatic imine (C=N–C) groups is 1. The molecule has 2 atom stereocenters. The zero-order valence-electron chi connectivity index (χ0n) is 20.3. The van der Waals surface area contributed by atoms with Gasteiger partial charge in [-0.25, -0.2) is 9.79 Å². The minimum absolute atomic E-state index is 0.104. The number of thioether (sulfide) groups is 1. The summed E-state index contributed by atoms with van der Waals surface area (Å²) < 4.78 is 10.5. The number of benzene rings is 2. The fraction of sp³-hybridized carbons (Fsp3) is 0.296. The van der Waals surface area contributed by atoms with Crippen LogP contribution in [0.3, 0.4) is 0 Å². The van der Waals surface area contributed by atoms with Gasteiger partial charge in [0.2, 0.25) is 5.91 Å². The van der Waals surface area contributed by atoms with Gasteiger partial charge in [0, 0.05) is 5.70 Å². The first-order valence-electron chi connectivity index (χ1n) is 11.5. The largest absolute Gasteiger partial charge is 0.497 e. The van der Waals surface area contributed by atoms with E-state index in [0.717, 1.165) is 27.7 Å². The van der Waals surface area contributed by atoms with Crippen LogP contribution in [-0.2, 0) is 14.3 Å². The zero-order valence-corrected chi connectivity index (χ0v) is 21.1. The molecule has 1 amide bonds. The summed E-state index contributed by atoms with van der Waals surface area (Å²) in [6.45, 7) is 3.93. The van der Waals surface area contributed by atoms with Crippen LogP contribution in [-0.4, -0.2) is 36.2 Å². The molecular formula is C27H29N3O4S. The van der Waals surface area contributed by atoms with Crippen molar-refractivity contribution >= 4 is 28.8 Å². The Balaban J connectivity index is 1.64. The third-order valence-electron chi connectivity index (χ3n) is 6.08. The molecule has 0 saturated carbocycles. The summed E-state index contributed by atoms with van der Waals surface area (Å²) in [6.07, 6.45) is 0.741. The predicted octanol–water partition coefficient (Wildman–Crippen LogP) is 5.10. The van der Waals surface area contributed by atoms with Crippen LogP contribution in [0.5, 0.6) is 5.75 Å². The summed E-state index contributed by atoms with van der Waals surface area (Å²) >= 11 is 1.46. The molecule has 2 unspecified atom stereocenters. The lowest BCUT2D eigenvalue weighted by Gasteiger charge is -2.36. The van der Waals surface area contributed by atoms with Crippen LogP contribution in [0.15, 0.2) is 82.0 Å². The molecule has 0 radical (unpaired) electrons. The number of esters is 1. The monoisotopic (exact) mass is 491 g/mol. The van der Waals surface area contributed by atoms with Gasteiger partial charge in [-0.15, -0.1) is 0 Å². The SMILES string of the molecule is CCC1=C(C(=O)OC)C(c2ccc(OC)cc2)N2C(CC(=O)NC(C)c3ccccc3)=CSC2=N1. The molecule has 2 aliphatic rings. The summed E-state index contributed by atoms with van der Waals surface area (Å²) in [5.74, 6) is 0.190. The van der Waals surface area contributed by atoms with E-state index in [0.29, 0.717) is 17.7 Å². The average molecular weight is 492 g/mol. The number of hydrogen-bond acceptors (Lipinski definition) is 7. The molecule has 182 valence electrons. The highest BCUT2D eigenvalue weighted by Gasteiger charge is 2.41. The Bertz CT molecular complexity index is 1190. The molecule has 2 aromatic carbocycles. The molecule has 1 N–H and O–H groups in total. The maximum absolute atomic E-state index is 13.0. The smallest absolute Gasteiger partial charge is 0.338 e. The number of allylic oxidation sites excluding steroid dienone is 1. The number of amidine groups is 1. The average Bonchev–Trinajstić information content (AvgIpc) is 3.29. The number of nitrogens with zero attached hydrogens (tertiary/aromatic N) is 2. The van der Waals surface area contributed by atoms with Crippen molar-refractivity contribution in [2.45, 2.75) is 38.8 Å². The topological polar surface area (TPSA) is 80.2 Å². The highest BCUT2D eigenvalue weighted by atomic mass is 32.2. The van der Waals surface area contributed by atoms with Crippen molar-refractivity contribution in [3.8, 4) is 5.75 Å². The van der Waals surface area contributed by atoms with Crippen molar-refractivity contribution in [1.29, 1.82) is 0 Å². The van der Waals surface area contributed by atoms with Crippen LogP contribution in [0.25, 0.3) is 0 Å². The number of nitrogens with one attached hydrogen (secondary N) is 1. The summed E-state index contributed by atoms with van der Waals surface area (Å²) in [7, 11) is 2.99. The molecule has 2 aromatic rings. The Morgan fingerprint density at radius 3 is 2.46 bits per heavy atom. The summed E-state index contributed by atoms with van der Waals surface area (Å²) in [5, 5.41) is 5.76. The van der Waals surface area contributed by atoms with Crippen LogP contribution < -0.4 is 10.1 Å². The summed E-state index contributed by atoms with van der Waals surface area (Å²) in [5.41, 5.74) is 3.87. The zero-order chi connectivity index (χ0) is 24.9. The van der Waals surface area contributed by atoms with Crippen molar-refractivity contribution in [3.05, 3.63) is 88.1 Å². The first-order chi connectivity index (χ1) is 17.0. The number of rotatable bonds is 8. The molecule has 0 fully saturated rings. The van der Waals surface area contributed by atoms with Crippen LogP contribution >= 0.6 is 11.8 Å². The molecular weight excluding hydrogens is 462 g/mol. The number of ether oxygens (including phenoxy) is 2. The van der Waals surface area contributed by atoms with Crippen molar-refractivity contribution in [2.24, 2.45) is 4.99 Å². The molecule has 0 spiro atoms. The van der Waals surface area contributed by atoms with Gasteiger partial charge in [0.15, 0.2) is 5.17 Å². The molecule has 0 aliphatic carbocycles. The van der Waals surface area contributed by atoms with Crippen molar-refractivity contribution in [2.75, 3.05) is 14.2 Å². The molecule has 0 aromatic heterocycles. The minimum Gasteiger partial charge on any atom is -0.497 e. The molecule has 4 rings (SSSR count). The molecule has 35 heavy (non-hydrogen) atoms. The van der Waals surface area contributed by atoms with E-state index >= 15 is 0 Å². The highest BCUT2D eigenvalue weighted by molar-refractivity contribution is 8.16. The normalized spacial score (nSPS) is 17.8. The van der Waals surface area contributed by atoms with Gasteiger partial charge in [0.25, 0.3) is 0 Å². The molecule has 8 heteroatoms. The Labute approximate surface area is 209 Å². The van der Waals surface area contributed by atoms with E-state index in [1.807, 2.05) is 78.8 Å². The maximum atomic E-state index is 13.0. The van der Waals surface area contributed by atoms with Gasteiger partial charge in [0.05, 0.1) is 44.0 Å². The van der Waals surface area contributed by atoms with Crippen molar-refractivity contribution < 1.29 is 19.1 Å². The van der Waals surface area contributed by atoms with E-state index in [2.05, 4.69) is 5.32 Å². The van der Waals surface area contributed by atoms with E-state index in [9.17, 15) is 9.59 Å². The van der Waals surface area contributed by atoms with Gasteiger partial charge in [-0.05, 0) is 42.0 Å².